The molecule has 0 heterocycles. The molecule has 0 aliphatic carbocycles. The summed E-state index contributed by atoms with van der Waals surface area (Å²) in [6, 6.07) is 29.0. The van der Waals surface area contributed by atoms with E-state index >= 15 is 0 Å². The first-order valence-corrected chi connectivity index (χ1v) is 19.5. The molecule has 0 radical (unpaired) electrons. The van der Waals surface area contributed by atoms with E-state index in [-0.39, 0.29) is 0 Å². The first-order chi connectivity index (χ1) is 17.2. The quantitative estimate of drug-likeness (QED) is 0.129. The molecule has 0 fully saturated rings. The van der Waals surface area contributed by atoms with E-state index in [0.717, 1.165) is 23.2 Å². The molecule has 0 aliphatic rings. The number of hydrogen-bond acceptors (Lipinski definition) is 0. The molecule has 5 aromatic carbocycles. The first-order valence-electron chi connectivity index (χ1n) is 13.1. The van der Waals surface area contributed by atoms with Crippen molar-refractivity contribution in [3.63, 3.8) is 0 Å². The van der Waals surface area contributed by atoms with Gasteiger partial charge >= 0.3 is 0 Å². The fourth-order valence-corrected chi connectivity index (χ4v) is 5.80. The summed E-state index contributed by atoms with van der Waals surface area (Å²) in [5, 5.41) is 9.95. The average molecular weight is 499 g/mol. The maximum absolute atomic E-state index is 3.73. The van der Waals surface area contributed by atoms with Crippen molar-refractivity contribution in [1.82, 2.24) is 0 Å². The summed E-state index contributed by atoms with van der Waals surface area (Å²) < 4.78 is 0. The van der Waals surface area contributed by atoms with Crippen LogP contribution >= 0.6 is 0 Å². The third-order valence-corrected chi connectivity index (χ3v) is 12.8. The van der Waals surface area contributed by atoms with Crippen molar-refractivity contribution in [1.29, 1.82) is 0 Å². The van der Waals surface area contributed by atoms with E-state index in [0.29, 0.717) is 0 Å². The van der Waals surface area contributed by atoms with Crippen molar-refractivity contribution in [2.24, 2.45) is 0 Å². The predicted molar refractivity (Wildman–Crippen MR) is 166 cm³/mol. The fourth-order valence-electron chi connectivity index (χ4n) is 4.52. The normalized spacial score (nSPS) is 11.9. The van der Waals surface area contributed by atoms with Gasteiger partial charge in [0.2, 0.25) is 0 Å². The second-order valence-corrected chi connectivity index (χ2v) is 20.7. The molecule has 5 rings (SSSR count). The minimum absolute atomic E-state index is 1.15. The van der Waals surface area contributed by atoms with E-state index in [2.05, 4.69) is 136 Å². The van der Waals surface area contributed by atoms with Crippen LogP contribution in [0.1, 0.15) is 25.0 Å². The van der Waals surface area contributed by atoms with Crippen LogP contribution in [-0.2, 0) is 0 Å². The maximum Gasteiger partial charge on any atom is 0.132 e. The van der Waals surface area contributed by atoms with Gasteiger partial charge in [-0.25, -0.2) is 0 Å². The lowest BCUT2D eigenvalue weighted by Crippen LogP contribution is -2.21. The Balaban J connectivity index is 1.96. The Kier molecular flexibility index (Phi) is 6.29. The van der Waals surface area contributed by atoms with Crippen LogP contribution in [0.2, 0.25) is 38.3 Å². The number of hydrogen-bond donors (Lipinski definition) is 0. The molecule has 0 bridgehead atoms. The molecule has 178 valence electrons. The van der Waals surface area contributed by atoms with Gasteiger partial charge in [0.05, 0.1) is 0 Å². The van der Waals surface area contributed by atoms with Crippen molar-refractivity contribution in [3.8, 4) is 22.9 Å². The van der Waals surface area contributed by atoms with Crippen molar-refractivity contribution < 1.29 is 0 Å². The molecule has 0 saturated heterocycles. The zero-order valence-corrected chi connectivity index (χ0v) is 24.3. The van der Waals surface area contributed by atoms with Crippen LogP contribution in [0.4, 0.5) is 0 Å². The molecule has 0 nitrogen and oxygen atoms in total. The van der Waals surface area contributed by atoms with Gasteiger partial charge in [0.15, 0.2) is 0 Å². The van der Waals surface area contributed by atoms with Gasteiger partial charge in [0, 0.05) is 11.1 Å². The molecule has 36 heavy (non-hydrogen) atoms. The summed E-state index contributed by atoms with van der Waals surface area (Å²) in [4.78, 5) is 0. The van der Waals surface area contributed by atoms with Crippen LogP contribution < -0.4 is 0 Å². The zero-order chi connectivity index (χ0) is 25.5. The lowest BCUT2D eigenvalue weighted by molar-refractivity contribution is 1.38. The smallest absolute Gasteiger partial charge is 0.126 e. The Morgan fingerprint density at radius 2 is 0.889 bits per heavy atom. The molecule has 2 heteroatoms. The Bertz CT molecular complexity index is 1630. The minimum Gasteiger partial charge on any atom is -0.126 e. The summed E-state index contributed by atoms with van der Waals surface area (Å²) >= 11 is 0. The van der Waals surface area contributed by atoms with Gasteiger partial charge in [-0.15, -0.1) is 11.1 Å². The molecular weight excluding hydrogens is 465 g/mol. The molecule has 5 aromatic rings. The summed E-state index contributed by atoms with van der Waals surface area (Å²) in [5.41, 5.74) is 9.77. The average Bonchev–Trinajstić information content (AvgIpc) is 2.88. The topological polar surface area (TPSA) is 0 Å². The highest BCUT2D eigenvalue weighted by atomic mass is 28.3. The van der Waals surface area contributed by atoms with Gasteiger partial charge in [0.25, 0.3) is 0 Å². The molecule has 0 N–H and O–H groups in total. The van der Waals surface area contributed by atoms with Crippen LogP contribution in [0.25, 0.3) is 43.1 Å². The maximum atomic E-state index is 3.73. The SMILES string of the molecule is CC[Si](C)(C)C#Cc1c2ccccc2c(C#C[Si](C)(C)CC)c2cc3cc4ccccc4cc3cc12. The Morgan fingerprint density at radius 3 is 1.28 bits per heavy atom. The van der Waals surface area contributed by atoms with Gasteiger partial charge in [-0.1, -0.05) is 100 Å². The Labute approximate surface area is 217 Å². The minimum atomic E-state index is -1.57. The van der Waals surface area contributed by atoms with E-state index in [1.165, 1.54) is 43.1 Å². The Hall–Kier alpha value is -3.31. The highest BCUT2D eigenvalue weighted by Crippen LogP contribution is 2.36. The summed E-state index contributed by atoms with van der Waals surface area (Å²) in [5.74, 6) is 7.41. The van der Waals surface area contributed by atoms with Gasteiger partial charge in [-0.3, -0.25) is 0 Å². The number of rotatable bonds is 2. The zero-order valence-electron chi connectivity index (χ0n) is 22.3. The lowest BCUT2D eigenvalue weighted by atomic mass is 9.90. The molecule has 0 unspecified atom stereocenters. The molecule has 0 atom stereocenters. The highest BCUT2D eigenvalue weighted by Gasteiger charge is 2.18. The second-order valence-electron chi connectivity index (χ2n) is 11.2. The van der Waals surface area contributed by atoms with E-state index in [1.807, 2.05) is 0 Å². The van der Waals surface area contributed by atoms with Crippen LogP contribution in [0.5, 0.6) is 0 Å². The monoisotopic (exact) mass is 498 g/mol. The van der Waals surface area contributed by atoms with Gasteiger partial charge < -0.3 is 0 Å². The highest BCUT2D eigenvalue weighted by molar-refractivity contribution is 6.85. The van der Waals surface area contributed by atoms with Crippen molar-refractivity contribution in [2.45, 2.75) is 52.1 Å². The predicted octanol–water partition coefficient (Wildman–Crippen LogP) is 9.54. The molecular formula is C34H34Si2. The van der Waals surface area contributed by atoms with E-state index in [4.69, 9.17) is 0 Å². The van der Waals surface area contributed by atoms with Crippen molar-refractivity contribution in [2.75, 3.05) is 0 Å². The van der Waals surface area contributed by atoms with Gasteiger partial charge in [0.1, 0.15) is 16.1 Å². The van der Waals surface area contributed by atoms with Gasteiger partial charge in [-0.05, 0) is 79.4 Å². The van der Waals surface area contributed by atoms with Crippen molar-refractivity contribution in [3.05, 3.63) is 83.9 Å². The van der Waals surface area contributed by atoms with Crippen LogP contribution in [-0.4, -0.2) is 16.1 Å². The van der Waals surface area contributed by atoms with E-state index in [9.17, 15) is 0 Å². The molecule has 0 saturated carbocycles. The van der Waals surface area contributed by atoms with E-state index < -0.39 is 16.1 Å². The second kappa shape index (κ2) is 9.29. The molecule has 0 aromatic heterocycles. The largest absolute Gasteiger partial charge is 0.132 e. The van der Waals surface area contributed by atoms with Gasteiger partial charge in [-0.2, -0.15) is 0 Å². The number of benzene rings is 5. The first kappa shape index (κ1) is 24.4. The summed E-state index contributed by atoms with van der Waals surface area (Å²) in [6.45, 7) is 14.0. The van der Waals surface area contributed by atoms with Crippen LogP contribution in [0.15, 0.2) is 72.8 Å². The summed E-state index contributed by atoms with van der Waals surface area (Å²) in [7, 11) is -3.13. The fraction of sp³-hybridized carbons (Fsp3) is 0.235. The third-order valence-electron chi connectivity index (χ3n) is 7.67. The number of fused-ring (bicyclic) bond motifs is 4. The summed E-state index contributed by atoms with van der Waals surface area (Å²) in [6.07, 6.45) is 0. The third kappa shape index (κ3) is 4.60. The van der Waals surface area contributed by atoms with Crippen LogP contribution in [0.3, 0.4) is 0 Å². The molecule has 0 spiro atoms. The van der Waals surface area contributed by atoms with Crippen LogP contribution in [0, 0.1) is 22.9 Å². The standard InChI is InChI=1S/C34H34Si2/c1-7-35(3,4)19-17-31-29-15-11-12-16-30(29)32(18-20-36(5,6)8-2)34-24-28-22-26-14-10-9-13-25(26)21-27(28)23-33(31)34/h9-16,21-24H,7-8H2,1-6H3. The Morgan fingerprint density at radius 1 is 0.500 bits per heavy atom. The van der Waals surface area contributed by atoms with E-state index in [1.54, 1.807) is 0 Å². The molecule has 0 aliphatic heterocycles. The lowest BCUT2D eigenvalue weighted by Gasteiger charge is -2.15. The molecule has 0 amide bonds. The van der Waals surface area contributed by atoms with Crippen molar-refractivity contribution >= 4 is 59.2 Å².